The Bertz CT molecular complexity index is 523. The largest absolute Gasteiger partial charge is 0.312 e. The first-order chi connectivity index (χ1) is 8.12. The summed E-state index contributed by atoms with van der Waals surface area (Å²) >= 11 is 0. The number of rotatable bonds is 4. The highest BCUT2D eigenvalue weighted by Gasteiger charge is 2.15. The Hall–Kier alpha value is -1.33. The van der Waals surface area contributed by atoms with Crippen LogP contribution in [-0.4, -0.2) is 20.7 Å². The smallest absolute Gasteiger partial charge is 0.236 e. The van der Waals surface area contributed by atoms with Gasteiger partial charge in [0, 0.05) is 6.54 Å². The highest BCUT2D eigenvalue weighted by molar-refractivity contribution is 7.92. The minimum Gasteiger partial charge on any atom is -0.312 e. The monoisotopic (exact) mass is 252 g/mol. The van der Waals surface area contributed by atoms with Gasteiger partial charge in [0.25, 0.3) is 0 Å². The van der Waals surface area contributed by atoms with Crippen LogP contribution in [0.15, 0.2) is 30.9 Å². The molecule has 0 bridgehead atoms. The first-order valence-corrected chi connectivity index (χ1v) is 7.20. The zero-order valence-corrected chi connectivity index (χ0v) is 10.4. The molecule has 1 aliphatic rings. The summed E-state index contributed by atoms with van der Waals surface area (Å²) < 4.78 is 26.0. The van der Waals surface area contributed by atoms with Gasteiger partial charge in [-0.15, -0.1) is 6.58 Å². The molecule has 0 spiro atoms. The van der Waals surface area contributed by atoms with Crippen molar-refractivity contribution >= 4 is 15.7 Å². The molecule has 0 fully saturated rings. The molecule has 0 radical (unpaired) electrons. The molecule has 2 rings (SSSR count). The van der Waals surface area contributed by atoms with Crippen LogP contribution in [0.5, 0.6) is 0 Å². The Morgan fingerprint density at radius 2 is 2.29 bits per heavy atom. The Morgan fingerprint density at radius 1 is 1.47 bits per heavy atom. The van der Waals surface area contributed by atoms with E-state index < -0.39 is 10.0 Å². The van der Waals surface area contributed by atoms with Crippen molar-refractivity contribution in [2.45, 2.75) is 13.0 Å². The van der Waals surface area contributed by atoms with E-state index in [9.17, 15) is 8.42 Å². The van der Waals surface area contributed by atoms with Gasteiger partial charge >= 0.3 is 0 Å². The molecule has 92 valence electrons. The maximum Gasteiger partial charge on any atom is 0.236 e. The number of anilines is 1. The molecule has 0 amide bonds. The molecule has 5 heteroatoms. The predicted octanol–water partition coefficient (Wildman–Crippen LogP) is 1.26. The summed E-state index contributed by atoms with van der Waals surface area (Å²) in [4.78, 5) is 0. The van der Waals surface area contributed by atoms with Crippen molar-refractivity contribution in [1.82, 2.24) is 5.32 Å². The summed E-state index contributed by atoms with van der Waals surface area (Å²) in [7, 11) is -3.31. The van der Waals surface area contributed by atoms with Gasteiger partial charge in [-0.05, 0) is 30.2 Å². The quantitative estimate of drug-likeness (QED) is 0.793. The van der Waals surface area contributed by atoms with Crippen LogP contribution >= 0.6 is 0 Å². The fourth-order valence-corrected chi connectivity index (χ4v) is 2.89. The van der Waals surface area contributed by atoms with Crippen LogP contribution in [0.1, 0.15) is 11.1 Å². The number of hydrogen-bond donors (Lipinski definition) is 2. The third-order valence-corrected chi connectivity index (χ3v) is 3.95. The standard InChI is InChI=1S/C12H16N2O2S/c1-2-8-17(15,16)14-12-5-3-4-10-6-7-13-9-11(10)12/h2-5,13-14H,1,6-9H2. The van der Waals surface area contributed by atoms with Crippen LogP contribution in [0, 0.1) is 0 Å². The van der Waals surface area contributed by atoms with Crippen LogP contribution in [0.3, 0.4) is 0 Å². The fraction of sp³-hybridized carbons (Fsp3) is 0.333. The molecule has 0 aromatic heterocycles. The third-order valence-electron chi connectivity index (χ3n) is 2.75. The fourth-order valence-electron chi connectivity index (χ4n) is 1.97. The van der Waals surface area contributed by atoms with Crippen LogP contribution in [0.4, 0.5) is 5.69 Å². The van der Waals surface area contributed by atoms with Gasteiger partial charge in [0.15, 0.2) is 0 Å². The van der Waals surface area contributed by atoms with Gasteiger partial charge in [-0.1, -0.05) is 18.2 Å². The molecule has 0 saturated carbocycles. The lowest BCUT2D eigenvalue weighted by atomic mass is 10.00. The van der Waals surface area contributed by atoms with E-state index in [1.807, 2.05) is 12.1 Å². The number of benzene rings is 1. The minimum atomic E-state index is -3.31. The van der Waals surface area contributed by atoms with E-state index in [0.717, 1.165) is 18.5 Å². The van der Waals surface area contributed by atoms with Gasteiger partial charge < -0.3 is 5.32 Å². The Balaban J connectivity index is 2.30. The number of nitrogens with one attached hydrogen (secondary N) is 2. The van der Waals surface area contributed by atoms with Crippen LogP contribution in [0.25, 0.3) is 0 Å². The Labute approximate surface area is 102 Å². The molecular weight excluding hydrogens is 236 g/mol. The van der Waals surface area contributed by atoms with E-state index in [1.165, 1.54) is 11.6 Å². The highest BCUT2D eigenvalue weighted by Crippen LogP contribution is 2.23. The van der Waals surface area contributed by atoms with Gasteiger partial charge in [-0.2, -0.15) is 0 Å². The number of hydrogen-bond acceptors (Lipinski definition) is 3. The normalized spacial score (nSPS) is 15.1. The van der Waals surface area contributed by atoms with E-state index in [2.05, 4.69) is 16.6 Å². The van der Waals surface area contributed by atoms with Crippen molar-refractivity contribution in [3.8, 4) is 0 Å². The van der Waals surface area contributed by atoms with Crippen LogP contribution in [0.2, 0.25) is 0 Å². The van der Waals surface area contributed by atoms with Crippen molar-refractivity contribution in [2.75, 3.05) is 17.0 Å². The molecule has 17 heavy (non-hydrogen) atoms. The highest BCUT2D eigenvalue weighted by atomic mass is 32.2. The van der Waals surface area contributed by atoms with Gasteiger partial charge in [0.1, 0.15) is 0 Å². The van der Waals surface area contributed by atoms with Crippen molar-refractivity contribution in [1.29, 1.82) is 0 Å². The van der Waals surface area contributed by atoms with Gasteiger partial charge in [-0.25, -0.2) is 8.42 Å². The zero-order valence-electron chi connectivity index (χ0n) is 9.57. The first-order valence-electron chi connectivity index (χ1n) is 5.55. The van der Waals surface area contributed by atoms with Gasteiger partial charge in [0.2, 0.25) is 10.0 Å². The lowest BCUT2D eigenvalue weighted by Gasteiger charge is -2.20. The second kappa shape index (κ2) is 4.89. The van der Waals surface area contributed by atoms with Crippen LogP contribution < -0.4 is 10.0 Å². The van der Waals surface area contributed by atoms with E-state index >= 15 is 0 Å². The molecule has 0 unspecified atom stereocenters. The topological polar surface area (TPSA) is 58.2 Å². The second-order valence-corrected chi connectivity index (χ2v) is 5.81. The Kier molecular flexibility index (Phi) is 3.49. The molecule has 0 atom stereocenters. The first kappa shape index (κ1) is 12.1. The molecule has 1 aromatic rings. The van der Waals surface area contributed by atoms with Crippen molar-refractivity contribution < 1.29 is 8.42 Å². The molecular formula is C12H16N2O2S. The molecule has 2 N–H and O–H groups in total. The minimum absolute atomic E-state index is 0.0654. The predicted molar refractivity (Wildman–Crippen MR) is 69.5 cm³/mol. The molecule has 1 heterocycles. The number of sulfonamides is 1. The maximum atomic E-state index is 11.7. The lowest BCUT2D eigenvalue weighted by molar-refractivity contribution is 0.603. The summed E-state index contributed by atoms with van der Waals surface area (Å²) in [6.07, 6.45) is 2.32. The maximum absolute atomic E-state index is 11.7. The zero-order chi connectivity index (χ0) is 12.3. The second-order valence-electron chi connectivity index (χ2n) is 4.04. The molecule has 0 saturated heterocycles. The number of fused-ring (bicyclic) bond motifs is 1. The van der Waals surface area contributed by atoms with E-state index in [0.29, 0.717) is 12.2 Å². The molecule has 0 aliphatic carbocycles. The van der Waals surface area contributed by atoms with E-state index in [-0.39, 0.29) is 5.75 Å². The molecule has 1 aliphatic heterocycles. The van der Waals surface area contributed by atoms with Gasteiger partial charge in [0.05, 0.1) is 11.4 Å². The summed E-state index contributed by atoms with van der Waals surface area (Å²) in [5.41, 5.74) is 2.94. The SMILES string of the molecule is C=CCS(=O)(=O)Nc1cccc2c1CNCC2. The summed E-state index contributed by atoms with van der Waals surface area (Å²) in [5, 5.41) is 3.24. The van der Waals surface area contributed by atoms with Crippen LogP contribution in [-0.2, 0) is 23.0 Å². The summed E-state index contributed by atoms with van der Waals surface area (Å²) in [6, 6.07) is 5.73. The van der Waals surface area contributed by atoms with E-state index in [1.54, 1.807) is 6.07 Å². The lowest BCUT2D eigenvalue weighted by Crippen LogP contribution is -2.26. The third kappa shape index (κ3) is 2.87. The van der Waals surface area contributed by atoms with E-state index in [4.69, 9.17) is 0 Å². The van der Waals surface area contributed by atoms with Crippen molar-refractivity contribution in [3.63, 3.8) is 0 Å². The molecule has 1 aromatic carbocycles. The van der Waals surface area contributed by atoms with Gasteiger partial charge in [-0.3, -0.25) is 4.72 Å². The Morgan fingerprint density at radius 3 is 3.06 bits per heavy atom. The van der Waals surface area contributed by atoms with Crippen molar-refractivity contribution in [2.24, 2.45) is 0 Å². The summed E-state index contributed by atoms with van der Waals surface area (Å²) in [6.45, 7) is 5.09. The summed E-state index contributed by atoms with van der Waals surface area (Å²) in [5.74, 6) is -0.0654. The average molecular weight is 252 g/mol. The average Bonchev–Trinajstić information content (AvgIpc) is 2.29. The van der Waals surface area contributed by atoms with Crippen molar-refractivity contribution in [3.05, 3.63) is 42.0 Å². The molecule has 4 nitrogen and oxygen atoms in total.